The lowest BCUT2D eigenvalue weighted by molar-refractivity contribution is -0.153. The zero-order chi connectivity index (χ0) is 13.9. The van der Waals surface area contributed by atoms with Crippen LogP contribution in [0.1, 0.15) is 40.0 Å². The van der Waals surface area contributed by atoms with Crippen LogP contribution in [0.15, 0.2) is 22.3 Å². The largest absolute Gasteiger partial charge is 0.428 e. The first-order valence-electron chi connectivity index (χ1n) is 6.79. The molecule has 2 N–H and O–H groups in total. The molecule has 104 valence electrons. The molecule has 4 nitrogen and oxygen atoms in total. The van der Waals surface area contributed by atoms with Crippen molar-refractivity contribution in [1.82, 2.24) is 0 Å². The zero-order valence-electron chi connectivity index (χ0n) is 11.6. The van der Waals surface area contributed by atoms with Crippen molar-refractivity contribution >= 4 is 5.97 Å². The maximum absolute atomic E-state index is 11.7. The molecule has 1 fully saturated rings. The fraction of sp³-hybridized carbons (Fsp3) is 0.667. The molecule has 19 heavy (non-hydrogen) atoms. The number of hydrogen-bond donors (Lipinski definition) is 2. The predicted molar refractivity (Wildman–Crippen MR) is 69.0 cm³/mol. The van der Waals surface area contributed by atoms with Gasteiger partial charge in [0.05, 0.1) is 6.10 Å². The van der Waals surface area contributed by atoms with Gasteiger partial charge in [-0.2, -0.15) is 0 Å². The van der Waals surface area contributed by atoms with Gasteiger partial charge in [-0.15, -0.1) is 0 Å². The highest BCUT2D eigenvalue weighted by Crippen LogP contribution is 2.51. The topological polar surface area (TPSA) is 66.8 Å². The molecule has 0 aromatic rings. The van der Waals surface area contributed by atoms with Gasteiger partial charge in [-0.3, -0.25) is 0 Å². The van der Waals surface area contributed by atoms with E-state index in [-0.39, 0.29) is 11.3 Å². The van der Waals surface area contributed by atoms with Gasteiger partial charge in [0, 0.05) is 23.5 Å². The molecule has 3 atom stereocenters. The van der Waals surface area contributed by atoms with Crippen molar-refractivity contribution in [2.24, 2.45) is 11.3 Å². The zero-order valence-corrected chi connectivity index (χ0v) is 11.6. The summed E-state index contributed by atoms with van der Waals surface area (Å²) in [5.41, 5.74) is 3.41. The van der Waals surface area contributed by atoms with Crippen LogP contribution >= 0.6 is 0 Å². The minimum atomic E-state index is -1.27. The van der Waals surface area contributed by atoms with E-state index in [9.17, 15) is 15.0 Å². The number of aliphatic hydroxyl groups is 2. The van der Waals surface area contributed by atoms with Crippen LogP contribution in [0.5, 0.6) is 0 Å². The molecule has 0 spiro atoms. The molecule has 0 unspecified atom stereocenters. The summed E-state index contributed by atoms with van der Waals surface area (Å²) in [6, 6.07) is 0. The molecular formula is C15H20O4. The minimum Gasteiger partial charge on any atom is -0.428 e. The third-order valence-electron chi connectivity index (χ3n) is 4.66. The van der Waals surface area contributed by atoms with E-state index in [4.69, 9.17) is 4.74 Å². The lowest BCUT2D eigenvalue weighted by Gasteiger charge is -2.23. The number of ether oxygens (including phenoxy) is 1. The van der Waals surface area contributed by atoms with Crippen molar-refractivity contribution in [3.05, 3.63) is 22.3 Å². The molecule has 0 radical (unpaired) electrons. The van der Waals surface area contributed by atoms with E-state index in [1.807, 2.05) is 6.92 Å². The van der Waals surface area contributed by atoms with Crippen LogP contribution in [0.25, 0.3) is 0 Å². The van der Waals surface area contributed by atoms with Crippen LogP contribution in [0.3, 0.4) is 0 Å². The number of fused-ring (bicyclic) bond motifs is 1. The van der Waals surface area contributed by atoms with Crippen molar-refractivity contribution in [1.29, 1.82) is 0 Å². The molecule has 3 rings (SSSR count). The Morgan fingerprint density at radius 3 is 2.68 bits per heavy atom. The van der Waals surface area contributed by atoms with E-state index in [0.717, 1.165) is 18.4 Å². The second-order valence-electron chi connectivity index (χ2n) is 6.77. The van der Waals surface area contributed by atoms with Gasteiger partial charge in [0.1, 0.15) is 0 Å². The van der Waals surface area contributed by atoms with Gasteiger partial charge in [-0.1, -0.05) is 25.0 Å². The van der Waals surface area contributed by atoms with Crippen molar-refractivity contribution in [3.8, 4) is 0 Å². The molecule has 4 heteroatoms. The molecule has 0 amide bonds. The fourth-order valence-corrected chi connectivity index (χ4v) is 3.80. The van der Waals surface area contributed by atoms with Crippen molar-refractivity contribution in [2.75, 3.05) is 0 Å². The van der Waals surface area contributed by atoms with E-state index >= 15 is 0 Å². The maximum Gasteiger partial charge on any atom is 0.337 e. The predicted octanol–water partition coefficient (Wildman–Crippen LogP) is 1.68. The van der Waals surface area contributed by atoms with Crippen LogP contribution in [0.2, 0.25) is 0 Å². The Morgan fingerprint density at radius 2 is 2.00 bits per heavy atom. The SMILES string of the molecule is CC1=C2CC(C)(C)C[C@H]2[C@H](O)C2=C(C1)C(=O)O[C@@H]2O. The number of esters is 1. The Labute approximate surface area is 112 Å². The Kier molecular flexibility index (Phi) is 2.67. The van der Waals surface area contributed by atoms with E-state index in [2.05, 4.69) is 13.8 Å². The van der Waals surface area contributed by atoms with Gasteiger partial charge in [0.25, 0.3) is 0 Å². The first-order chi connectivity index (χ1) is 8.80. The molecule has 1 saturated carbocycles. The first-order valence-corrected chi connectivity index (χ1v) is 6.79. The Balaban J connectivity index is 2.07. The number of allylic oxidation sites excluding steroid dienone is 1. The second-order valence-corrected chi connectivity index (χ2v) is 6.77. The molecular weight excluding hydrogens is 244 g/mol. The highest BCUT2D eigenvalue weighted by Gasteiger charge is 2.47. The fourth-order valence-electron chi connectivity index (χ4n) is 3.80. The van der Waals surface area contributed by atoms with Crippen LogP contribution in [-0.2, 0) is 9.53 Å². The Hall–Kier alpha value is -1.13. The molecule has 2 aliphatic carbocycles. The van der Waals surface area contributed by atoms with Crippen LogP contribution in [0.4, 0.5) is 0 Å². The number of rotatable bonds is 0. The highest BCUT2D eigenvalue weighted by molar-refractivity contribution is 5.93. The third kappa shape index (κ3) is 1.85. The van der Waals surface area contributed by atoms with Crippen molar-refractivity contribution < 1.29 is 19.7 Å². The van der Waals surface area contributed by atoms with E-state index in [1.54, 1.807) is 0 Å². The monoisotopic (exact) mass is 264 g/mol. The standard InChI is InChI=1S/C15H20O4/c1-7-4-8-11(14(18)19-13(8)17)12(16)10-6-15(2,3)5-9(7)10/h10,12,14,16,18H,4-6H2,1-3H3/t10-,12+,14+/m1/s1. The smallest absolute Gasteiger partial charge is 0.337 e. The molecule has 1 aliphatic heterocycles. The summed E-state index contributed by atoms with van der Waals surface area (Å²) >= 11 is 0. The summed E-state index contributed by atoms with van der Waals surface area (Å²) in [7, 11) is 0. The minimum absolute atomic E-state index is 0.00616. The lowest BCUT2D eigenvalue weighted by atomic mass is 9.86. The van der Waals surface area contributed by atoms with Gasteiger partial charge < -0.3 is 14.9 Å². The van der Waals surface area contributed by atoms with E-state index in [1.165, 1.54) is 5.57 Å². The molecule has 3 aliphatic rings. The summed E-state index contributed by atoms with van der Waals surface area (Å²) in [5, 5.41) is 20.4. The number of hydrogen-bond acceptors (Lipinski definition) is 4. The number of cyclic esters (lactones) is 1. The van der Waals surface area contributed by atoms with Crippen molar-refractivity contribution in [2.45, 2.75) is 52.4 Å². The van der Waals surface area contributed by atoms with Gasteiger partial charge in [-0.05, 0) is 25.2 Å². The molecule has 0 aromatic heterocycles. The lowest BCUT2D eigenvalue weighted by Crippen LogP contribution is -2.28. The van der Waals surface area contributed by atoms with Gasteiger partial charge in [0.15, 0.2) is 0 Å². The number of carbonyl (C=O) groups excluding carboxylic acids is 1. The molecule has 0 saturated heterocycles. The van der Waals surface area contributed by atoms with E-state index < -0.39 is 18.4 Å². The Bertz CT molecular complexity index is 512. The molecule has 0 bridgehead atoms. The summed E-state index contributed by atoms with van der Waals surface area (Å²) in [6.07, 6.45) is 0.244. The summed E-state index contributed by atoms with van der Waals surface area (Å²) in [6.45, 7) is 6.40. The second kappa shape index (κ2) is 3.93. The molecule has 1 heterocycles. The average Bonchev–Trinajstić information content (AvgIpc) is 2.73. The molecule has 0 aromatic carbocycles. The third-order valence-corrected chi connectivity index (χ3v) is 4.66. The van der Waals surface area contributed by atoms with Crippen LogP contribution in [-0.4, -0.2) is 28.6 Å². The quantitative estimate of drug-likeness (QED) is 0.516. The van der Waals surface area contributed by atoms with E-state index in [0.29, 0.717) is 17.6 Å². The van der Waals surface area contributed by atoms with Gasteiger partial charge in [-0.25, -0.2) is 4.79 Å². The van der Waals surface area contributed by atoms with Gasteiger partial charge >= 0.3 is 5.97 Å². The highest BCUT2D eigenvalue weighted by atomic mass is 16.6. The van der Waals surface area contributed by atoms with Crippen molar-refractivity contribution in [3.63, 3.8) is 0 Å². The maximum atomic E-state index is 11.7. The number of aliphatic hydroxyl groups excluding tert-OH is 2. The van der Waals surface area contributed by atoms with Crippen LogP contribution in [0, 0.1) is 11.3 Å². The summed E-state index contributed by atoms with van der Waals surface area (Å²) < 4.78 is 4.84. The summed E-state index contributed by atoms with van der Waals surface area (Å²) in [4.78, 5) is 11.7. The van der Waals surface area contributed by atoms with Gasteiger partial charge in [0.2, 0.25) is 6.29 Å². The first kappa shape index (κ1) is 12.9. The van der Waals surface area contributed by atoms with Crippen LogP contribution < -0.4 is 0 Å². The Morgan fingerprint density at radius 1 is 1.32 bits per heavy atom. The normalized spacial score (nSPS) is 37.1. The number of carbonyl (C=O) groups is 1. The average molecular weight is 264 g/mol. The summed E-state index contributed by atoms with van der Waals surface area (Å²) in [5.74, 6) is -0.479.